The van der Waals surface area contributed by atoms with Crippen LogP contribution in [0.2, 0.25) is 0 Å². The molecule has 2 N–H and O–H groups in total. The van der Waals surface area contributed by atoms with E-state index in [1.165, 1.54) is 30.3 Å². The lowest BCUT2D eigenvalue weighted by atomic mass is 10.1. The second-order valence-corrected chi connectivity index (χ2v) is 5.10. The van der Waals surface area contributed by atoms with E-state index in [1.54, 1.807) is 6.07 Å². The number of carbonyl (C=O) groups excluding carboxylic acids is 1. The van der Waals surface area contributed by atoms with Gasteiger partial charge in [0.25, 0.3) is 11.4 Å². The molecule has 0 radical (unpaired) electrons. The fourth-order valence-corrected chi connectivity index (χ4v) is 2.19. The van der Waals surface area contributed by atoms with Crippen LogP contribution in [0.3, 0.4) is 0 Å². The predicted octanol–water partition coefficient (Wildman–Crippen LogP) is 2.26. The van der Waals surface area contributed by atoms with Gasteiger partial charge in [-0.15, -0.1) is 0 Å². The fraction of sp³-hybridized carbons (Fsp3) is 0.188. The molecule has 0 aliphatic carbocycles. The number of carbonyl (C=O) groups is 1. The highest BCUT2D eigenvalue weighted by molar-refractivity contribution is 5.96. The number of nitro benzene ring substituents is 2. The molecule has 0 atom stereocenters. The number of aliphatic hydroxyl groups is 1. The Kier molecular flexibility index (Phi) is 6.17. The molecule has 2 aromatic carbocycles. The molecule has 0 aliphatic heterocycles. The smallest absolute Gasteiger partial charge is 0.340 e. The van der Waals surface area contributed by atoms with Gasteiger partial charge in [0.2, 0.25) is 0 Å². The van der Waals surface area contributed by atoms with E-state index in [4.69, 9.17) is 9.84 Å². The minimum absolute atomic E-state index is 0.105. The minimum Gasteiger partial charge on any atom is -0.457 e. The first-order chi connectivity index (χ1) is 12.4. The maximum absolute atomic E-state index is 12.3. The van der Waals surface area contributed by atoms with E-state index in [-0.39, 0.29) is 47.9 Å². The summed E-state index contributed by atoms with van der Waals surface area (Å²) in [7, 11) is 0. The number of hydrogen-bond donors (Lipinski definition) is 2. The van der Waals surface area contributed by atoms with Crippen LogP contribution in [0.25, 0.3) is 0 Å². The molecule has 0 fully saturated rings. The van der Waals surface area contributed by atoms with E-state index in [9.17, 15) is 25.0 Å². The number of aliphatic hydroxyl groups excluding tert-OH is 1. The summed E-state index contributed by atoms with van der Waals surface area (Å²) in [5, 5.41) is 33.5. The predicted molar refractivity (Wildman–Crippen MR) is 90.9 cm³/mol. The number of benzene rings is 2. The van der Waals surface area contributed by atoms with Crippen molar-refractivity contribution in [3.63, 3.8) is 0 Å². The zero-order chi connectivity index (χ0) is 19.1. The highest BCUT2D eigenvalue weighted by atomic mass is 16.6. The lowest BCUT2D eigenvalue weighted by Gasteiger charge is -2.11. The molecule has 26 heavy (non-hydrogen) atoms. The van der Waals surface area contributed by atoms with Gasteiger partial charge in [-0.2, -0.15) is 0 Å². The summed E-state index contributed by atoms with van der Waals surface area (Å²) in [6.07, 6.45) is 0. The SMILES string of the molecule is O=C(OCc1ccccc1[N+](=O)[O-])c1cc([N+](=O)[O-])ccc1NCCO. The Hall–Kier alpha value is -3.53. The van der Waals surface area contributed by atoms with Gasteiger partial charge in [-0.25, -0.2) is 4.79 Å². The van der Waals surface area contributed by atoms with Crippen LogP contribution in [-0.2, 0) is 11.3 Å². The molecule has 0 saturated carbocycles. The van der Waals surface area contributed by atoms with Crippen molar-refractivity contribution in [2.24, 2.45) is 0 Å². The first-order valence-electron chi connectivity index (χ1n) is 7.46. The van der Waals surface area contributed by atoms with Crippen LogP contribution >= 0.6 is 0 Å². The second kappa shape index (κ2) is 8.53. The number of nitrogens with one attached hydrogen (secondary N) is 1. The molecule has 0 amide bonds. The molecule has 0 aromatic heterocycles. The van der Waals surface area contributed by atoms with Crippen molar-refractivity contribution in [3.05, 3.63) is 73.8 Å². The largest absolute Gasteiger partial charge is 0.457 e. The van der Waals surface area contributed by atoms with Gasteiger partial charge < -0.3 is 15.2 Å². The fourth-order valence-electron chi connectivity index (χ4n) is 2.19. The van der Waals surface area contributed by atoms with Crippen molar-refractivity contribution < 1.29 is 24.5 Å². The number of hydrogen-bond acceptors (Lipinski definition) is 8. The summed E-state index contributed by atoms with van der Waals surface area (Å²) in [5.74, 6) is -0.882. The topological polar surface area (TPSA) is 145 Å². The Bertz CT molecular complexity index is 838. The van der Waals surface area contributed by atoms with Crippen molar-refractivity contribution in [2.45, 2.75) is 6.61 Å². The van der Waals surface area contributed by atoms with E-state index >= 15 is 0 Å². The van der Waals surface area contributed by atoms with E-state index in [0.717, 1.165) is 6.07 Å². The van der Waals surface area contributed by atoms with Crippen molar-refractivity contribution in [2.75, 3.05) is 18.5 Å². The highest BCUT2D eigenvalue weighted by Gasteiger charge is 2.20. The van der Waals surface area contributed by atoms with Gasteiger partial charge in [-0.3, -0.25) is 20.2 Å². The summed E-state index contributed by atoms with van der Waals surface area (Å²) in [5.41, 5.74) is -0.167. The third kappa shape index (κ3) is 4.51. The Morgan fingerprint density at radius 3 is 2.50 bits per heavy atom. The van der Waals surface area contributed by atoms with Crippen LogP contribution in [0.15, 0.2) is 42.5 Å². The van der Waals surface area contributed by atoms with Crippen molar-refractivity contribution in [1.82, 2.24) is 0 Å². The van der Waals surface area contributed by atoms with E-state index < -0.39 is 15.8 Å². The standard InChI is InChI=1S/C16H15N3O7/c20-8-7-17-14-6-5-12(18(22)23)9-13(14)16(21)26-10-11-3-1-2-4-15(11)19(24)25/h1-6,9,17,20H,7-8,10H2. The molecule has 2 rings (SSSR count). The Morgan fingerprint density at radius 2 is 1.85 bits per heavy atom. The van der Waals surface area contributed by atoms with Gasteiger partial charge in [-0.1, -0.05) is 12.1 Å². The maximum atomic E-state index is 12.3. The maximum Gasteiger partial charge on any atom is 0.340 e. The third-order valence-corrected chi connectivity index (χ3v) is 3.41. The number of nitro groups is 2. The van der Waals surface area contributed by atoms with Crippen LogP contribution in [0.5, 0.6) is 0 Å². The molecule has 0 aliphatic rings. The molecular formula is C16H15N3O7. The summed E-state index contributed by atoms with van der Waals surface area (Å²) in [6.45, 7) is -0.442. The average Bonchev–Trinajstić information content (AvgIpc) is 2.64. The molecule has 10 nitrogen and oxygen atoms in total. The van der Waals surface area contributed by atoms with Gasteiger partial charge >= 0.3 is 5.97 Å². The average molecular weight is 361 g/mol. The van der Waals surface area contributed by atoms with Crippen LogP contribution in [0.1, 0.15) is 15.9 Å². The van der Waals surface area contributed by atoms with Crippen LogP contribution in [0.4, 0.5) is 17.1 Å². The Balaban J connectivity index is 2.24. The Morgan fingerprint density at radius 1 is 1.12 bits per heavy atom. The minimum atomic E-state index is -0.882. The summed E-state index contributed by atoms with van der Waals surface area (Å²) >= 11 is 0. The van der Waals surface area contributed by atoms with Gasteiger partial charge in [0, 0.05) is 30.4 Å². The summed E-state index contributed by atoms with van der Waals surface area (Å²) < 4.78 is 5.09. The van der Waals surface area contributed by atoms with Crippen LogP contribution < -0.4 is 5.32 Å². The lowest BCUT2D eigenvalue weighted by molar-refractivity contribution is -0.385. The van der Waals surface area contributed by atoms with Gasteiger partial charge in [-0.05, 0) is 12.1 Å². The van der Waals surface area contributed by atoms with Crippen molar-refractivity contribution in [1.29, 1.82) is 0 Å². The number of anilines is 1. The number of ether oxygens (including phenoxy) is 1. The highest BCUT2D eigenvalue weighted by Crippen LogP contribution is 2.24. The molecule has 0 bridgehead atoms. The second-order valence-electron chi connectivity index (χ2n) is 5.10. The molecule has 0 heterocycles. The number of esters is 1. The van der Waals surface area contributed by atoms with Gasteiger partial charge in [0.1, 0.15) is 6.61 Å². The third-order valence-electron chi connectivity index (χ3n) is 3.41. The van der Waals surface area contributed by atoms with E-state index in [2.05, 4.69) is 5.32 Å². The first-order valence-corrected chi connectivity index (χ1v) is 7.46. The summed E-state index contributed by atoms with van der Waals surface area (Å²) in [4.78, 5) is 33.0. The zero-order valence-corrected chi connectivity index (χ0v) is 13.5. The molecule has 0 spiro atoms. The Labute approximate surface area is 147 Å². The lowest BCUT2D eigenvalue weighted by Crippen LogP contribution is -2.13. The summed E-state index contributed by atoms with van der Waals surface area (Å²) in [6, 6.07) is 9.36. The van der Waals surface area contributed by atoms with Gasteiger partial charge in [0.15, 0.2) is 0 Å². The van der Waals surface area contributed by atoms with Crippen molar-refractivity contribution in [3.8, 4) is 0 Å². The van der Waals surface area contributed by atoms with E-state index in [1.807, 2.05) is 0 Å². The number of nitrogens with zero attached hydrogens (tertiary/aromatic N) is 2. The zero-order valence-electron chi connectivity index (χ0n) is 13.5. The van der Waals surface area contributed by atoms with Crippen LogP contribution in [0, 0.1) is 20.2 Å². The quantitative estimate of drug-likeness (QED) is 0.414. The van der Waals surface area contributed by atoms with E-state index in [0.29, 0.717) is 0 Å². The number of rotatable bonds is 8. The normalized spacial score (nSPS) is 10.2. The molecule has 0 saturated heterocycles. The first kappa shape index (κ1) is 18.8. The molecule has 2 aromatic rings. The number of non-ortho nitro benzene ring substituents is 1. The monoisotopic (exact) mass is 361 g/mol. The van der Waals surface area contributed by atoms with Gasteiger partial charge in [0.05, 0.1) is 27.6 Å². The molecule has 136 valence electrons. The van der Waals surface area contributed by atoms with Crippen molar-refractivity contribution >= 4 is 23.0 Å². The van der Waals surface area contributed by atoms with Crippen LogP contribution in [-0.4, -0.2) is 34.1 Å². The number of para-hydroxylation sites is 1. The molecule has 10 heteroatoms. The molecular weight excluding hydrogens is 346 g/mol. The molecule has 0 unspecified atom stereocenters.